The van der Waals surface area contributed by atoms with E-state index in [-0.39, 0.29) is 16.7 Å². The second-order valence-electron chi connectivity index (χ2n) is 8.42. The van der Waals surface area contributed by atoms with Gasteiger partial charge in [-0.15, -0.1) is 11.8 Å². The van der Waals surface area contributed by atoms with Gasteiger partial charge in [0.15, 0.2) is 0 Å². The molecule has 0 unspecified atom stereocenters. The number of methoxy groups -OCH3 is 1. The number of aliphatic carboxylic acids is 1. The number of ether oxygens (including phenoxy) is 1. The van der Waals surface area contributed by atoms with Crippen LogP contribution in [0.3, 0.4) is 0 Å². The molecule has 4 rings (SSSR count). The number of hydrogen-bond acceptors (Lipinski definition) is 5. The molecule has 0 radical (unpaired) electrons. The number of thioether (sulfide) groups is 1. The molecule has 1 saturated heterocycles. The smallest absolute Gasteiger partial charge is 0.308 e. The summed E-state index contributed by atoms with van der Waals surface area (Å²) in [5.74, 6) is -1.24. The van der Waals surface area contributed by atoms with Crippen LogP contribution in [0.15, 0.2) is 82.6 Å². The Morgan fingerprint density at radius 1 is 1.06 bits per heavy atom. The fourth-order valence-electron chi connectivity index (χ4n) is 4.36. The molecule has 1 heterocycles. The van der Waals surface area contributed by atoms with Crippen molar-refractivity contribution in [1.29, 1.82) is 0 Å². The summed E-state index contributed by atoms with van der Waals surface area (Å²) in [6.45, 7) is 1.61. The Balaban J connectivity index is 1.77. The Kier molecular flexibility index (Phi) is 7.76. The first kappa shape index (κ1) is 25.6. The Labute approximate surface area is 214 Å². The van der Waals surface area contributed by atoms with Gasteiger partial charge in [-0.25, -0.2) is 8.42 Å². The van der Waals surface area contributed by atoms with Gasteiger partial charge in [0, 0.05) is 21.7 Å². The number of benzene rings is 3. The molecule has 1 fully saturated rings. The lowest BCUT2D eigenvalue weighted by Gasteiger charge is -2.42. The SMILES string of the molecule is COc1ccc([C@@H]2C[C@@H](Sc3ccc(Cl)cc3)[C@H](C(=O)O)CN2S(=O)(=O)c2ccccc2C)cc1. The van der Waals surface area contributed by atoms with Gasteiger partial charge in [0.25, 0.3) is 0 Å². The fraction of sp³-hybridized carbons (Fsp3) is 0.269. The lowest BCUT2D eigenvalue weighted by Crippen LogP contribution is -2.49. The summed E-state index contributed by atoms with van der Waals surface area (Å²) in [4.78, 5) is 13.4. The predicted octanol–water partition coefficient (Wildman–Crippen LogP) is 5.65. The zero-order valence-electron chi connectivity index (χ0n) is 19.3. The summed E-state index contributed by atoms with van der Waals surface area (Å²) in [7, 11) is -2.39. The topological polar surface area (TPSA) is 83.9 Å². The standard InChI is InChI=1S/C26H26ClNO5S2/c1-17-5-3-4-6-25(17)35(31,32)28-16-22(26(29)30)24(34-21-13-9-19(27)10-14-21)15-23(28)18-7-11-20(33-2)12-8-18/h3-14,22-24H,15-16H2,1-2H3,(H,29,30)/t22-,23+,24-/m1/s1. The summed E-state index contributed by atoms with van der Waals surface area (Å²) >= 11 is 7.46. The second-order valence-corrected chi connectivity index (χ2v) is 12.0. The normalized spacial score (nSPS) is 20.9. The van der Waals surface area contributed by atoms with Crippen molar-refractivity contribution in [2.75, 3.05) is 13.7 Å². The van der Waals surface area contributed by atoms with Crippen LogP contribution in [0.5, 0.6) is 5.75 Å². The minimum absolute atomic E-state index is 0.131. The van der Waals surface area contributed by atoms with Gasteiger partial charge in [-0.1, -0.05) is 41.9 Å². The molecule has 9 heteroatoms. The van der Waals surface area contributed by atoms with Crippen molar-refractivity contribution in [2.24, 2.45) is 5.92 Å². The lowest BCUT2D eigenvalue weighted by atomic mass is 9.90. The number of hydrogen-bond donors (Lipinski definition) is 1. The minimum Gasteiger partial charge on any atom is -0.497 e. The molecular formula is C26H26ClNO5S2. The van der Waals surface area contributed by atoms with E-state index in [0.717, 1.165) is 10.5 Å². The van der Waals surface area contributed by atoms with E-state index in [9.17, 15) is 18.3 Å². The van der Waals surface area contributed by atoms with Crippen LogP contribution in [0, 0.1) is 12.8 Å². The first-order valence-electron chi connectivity index (χ1n) is 11.1. The van der Waals surface area contributed by atoms with E-state index in [1.165, 1.54) is 16.1 Å². The third-order valence-corrected chi connectivity index (χ3v) is 9.88. The Morgan fingerprint density at radius 3 is 2.31 bits per heavy atom. The van der Waals surface area contributed by atoms with Crippen molar-refractivity contribution in [3.8, 4) is 5.75 Å². The first-order valence-corrected chi connectivity index (χ1v) is 13.8. The van der Waals surface area contributed by atoms with Crippen molar-refractivity contribution in [3.05, 3.63) is 88.9 Å². The molecule has 3 aromatic carbocycles. The van der Waals surface area contributed by atoms with E-state index in [2.05, 4.69) is 0 Å². The zero-order valence-corrected chi connectivity index (χ0v) is 21.7. The van der Waals surface area contributed by atoms with Crippen LogP contribution < -0.4 is 4.74 Å². The maximum atomic E-state index is 13.9. The highest BCUT2D eigenvalue weighted by atomic mass is 35.5. The second kappa shape index (κ2) is 10.6. The maximum Gasteiger partial charge on any atom is 0.308 e. The minimum atomic E-state index is -3.96. The number of nitrogens with zero attached hydrogens (tertiary/aromatic N) is 1. The van der Waals surface area contributed by atoms with E-state index in [4.69, 9.17) is 16.3 Å². The van der Waals surface area contributed by atoms with Crippen LogP contribution in [0.4, 0.5) is 0 Å². The largest absolute Gasteiger partial charge is 0.497 e. The highest BCUT2D eigenvalue weighted by Gasteiger charge is 2.45. The molecule has 1 aliphatic heterocycles. The summed E-state index contributed by atoms with van der Waals surface area (Å²) in [6, 6.07) is 20.7. The molecule has 3 atom stereocenters. The quantitative estimate of drug-likeness (QED) is 0.424. The van der Waals surface area contributed by atoms with Crippen molar-refractivity contribution >= 4 is 39.4 Å². The molecule has 0 spiro atoms. The molecule has 1 N–H and O–H groups in total. The molecule has 3 aromatic rings. The summed E-state index contributed by atoms with van der Waals surface area (Å²) in [5, 5.41) is 10.3. The molecule has 0 aromatic heterocycles. The first-order chi connectivity index (χ1) is 16.7. The van der Waals surface area contributed by atoms with Crippen LogP contribution in [0.1, 0.15) is 23.6 Å². The summed E-state index contributed by atoms with van der Waals surface area (Å²) < 4.78 is 34.4. The molecule has 1 aliphatic rings. The highest BCUT2D eigenvalue weighted by molar-refractivity contribution is 8.00. The Bertz CT molecular complexity index is 1300. The molecule has 35 heavy (non-hydrogen) atoms. The molecule has 0 bridgehead atoms. The molecule has 0 amide bonds. The zero-order chi connectivity index (χ0) is 25.2. The molecular weight excluding hydrogens is 506 g/mol. The summed E-state index contributed by atoms with van der Waals surface area (Å²) in [6.07, 6.45) is 0.335. The average Bonchev–Trinajstić information content (AvgIpc) is 2.85. The number of carboxylic acid groups (broad SMARTS) is 1. The number of carbonyl (C=O) groups is 1. The number of sulfonamides is 1. The number of carboxylic acids is 1. The molecule has 0 saturated carbocycles. The molecule has 6 nitrogen and oxygen atoms in total. The van der Waals surface area contributed by atoms with Gasteiger partial charge in [-0.3, -0.25) is 4.79 Å². The van der Waals surface area contributed by atoms with Gasteiger partial charge in [0.05, 0.1) is 24.0 Å². The average molecular weight is 532 g/mol. The number of rotatable bonds is 7. The summed E-state index contributed by atoms with van der Waals surface area (Å²) in [5.41, 5.74) is 1.40. The number of aryl methyl sites for hydroxylation is 1. The van der Waals surface area contributed by atoms with Crippen molar-refractivity contribution < 1.29 is 23.1 Å². The van der Waals surface area contributed by atoms with Gasteiger partial charge < -0.3 is 9.84 Å². The van der Waals surface area contributed by atoms with Crippen LogP contribution in [-0.4, -0.2) is 42.7 Å². The van der Waals surface area contributed by atoms with Gasteiger partial charge >= 0.3 is 5.97 Å². The van der Waals surface area contributed by atoms with E-state index >= 15 is 0 Å². The van der Waals surface area contributed by atoms with E-state index in [0.29, 0.717) is 22.8 Å². The maximum absolute atomic E-state index is 13.9. The van der Waals surface area contributed by atoms with Crippen molar-refractivity contribution in [1.82, 2.24) is 4.31 Å². The van der Waals surface area contributed by atoms with Gasteiger partial charge in [-0.2, -0.15) is 4.31 Å². The third-order valence-electron chi connectivity index (χ3n) is 6.23. The van der Waals surface area contributed by atoms with Crippen LogP contribution in [-0.2, 0) is 14.8 Å². The number of piperidine rings is 1. The van der Waals surface area contributed by atoms with Crippen molar-refractivity contribution in [3.63, 3.8) is 0 Å². The lowest BCUT2D eigenvalue weighted by molar-refractivity contribution is -0.143. The van der Waals surface area contributed by atoms with Crippen LogP contribution in [0.2, 0.25) is 5.02 Å². The van der Waals surface area contributed by atoms with Crippen LogP contribution >= 0.6 is 23.4 Å². The third kappa shape index (κ3) is 5.51. The van der Waals surface area contributed by atoms with E-state index in [1.54, 1.807) is 62.6 Å². The molecule has 0 aliphatic carbocycles. The highest BCUT2D eigenvalue weighted by Crippen LogP contribution is 2.44. The Hall–Kier alpha value is -2.52. The monoisotopic (exact) mass is 531 g/mol. The molecule has 184 valence electrons. The number of halogens is 1. The van der Waals surface area contributed by atoms with E-state index < -0.39 is 28.0 Å². The Morgan fingerprint density at radius 2 is 1.71 bits per heavy atom. The van der Waals surface area contributed by atoms with Gasteiger partial charge in [-0.05, 0) is 66.9 Å². The van der Waals surface area contributed by atoms with Crippen LogP contribution in [0.25, 0.3) is 0 Å². The van der Waals surface area contributed by atoms with Gasteiger partial charge in [0.1, 0.15) is 5.75 Å². The predicted molar refractivity (Wildman–Crippen MR) is 138 cm³/mol. The van der Waals surface area contributed by atoms with E-state index in [1.807, 2.05) is 24.3 Å². The fourth-order valence-corrected chi connectivity index (χ4v) is 7.65. The van der Waals surface area contributed by atoms with Gasteiger partial charge in [0.2, 0.25) is 10.0 Å². The van der Waals surface area contributed by atoms with Crippen molar-refractivity contribution in [2.45, 2.75) is 34.4 Å².